The molecule has 6 nitrogen and oxygen atoms in total. The number of benzene rings is 2. The molecule has 1 aliphatic carbocycles. The van der Waals surface area contributed by atoms with Crippen LogP contribution in [0.3, 0.4) is 0 Å². The summed E-state index contributed by atoms with van der Waals surface area (Å²) in [5.74, 6) is 0.289. The third-order valence-electron chi connectivity index (χ3n) is 8.18. The molecule has 190 valence electrons. The lowest BCUT2D eigenvalue weighted by Gasteiger charge is -2.35. The van der Waals surface area contributed by atoms with Gasteiger partial charge in [0.25, 0.3) is 5.91 Å². The molecule has 2 aromatic rings. The largest absolute Gasteiger partial charge is 0.350 e. The van der Waals surface area contributed by atoms with Crippen LogP contribution in [0.25, 0.3) is 0 Å². The zero-order chi connectivity index (χ0) is 25.2. The third kappa shape index (κ3) is 4.78. The molecule has 0 radical (unpaired) electrons. The van der Waals surface area contributed by atoms with Crippen molar-refractivity contribution in [2.24, 2.45) is 5.92 Å². The molecule has 3 aliphatic rings. The van der Waals surface area contributed by atoms with Gasteiger partial charge < -0.3 is 15.1 Å². The standard InChI is InChI=1S/C30H37N3O3/c1-20(2)27(33-19-24-10-5-6-11-25(24)29(33)35)30(36)32-17-7-12-26(32)28(34)31-18-21-13-15-23(16-14-21)22-8-3-4-9-22/h5-6,10-11,13-16,20,22,26-27H,3-4,7-9,12,17-19H2,1-2H3,(H,31,34)/t26-,27?/m0/s1. The van der Waals surface area contributed by atoms with Gasteiger partial charge in [-0.1, -0.05) is 69.2 Å². The number of amides is 3. The molecule has 2 aliphatic heterocycles. The van der Waals surface area contributed by atoms with Gasteiger partial charge in [-0.05, 0) is 60.3 Å². The summed E-state index contributed by atoms with van der Waals surface area (Å²) in [7, 11) is 0. The highest BCUT2D eigenvalue weighted by Gasteiger charge is 2.43. The van der Waals surface area contributed by atoms with Crippen molar-refractivity contribution in [2.75, 3.05) is 6.54 Å². The summed E-state index contributed by atoms with van der Waals surface area (Å²) in [5, 5.41) is 3.06. The van der Waals surface area contributed by atoms with Crippen LogP contribution in [0.5, 0.6) is 0 Å². The Bertz CT molecular complexity index is 1120. The van der Waals surface area contributed by atoms with Crippen molar-refractivity contribution in [3.63, 3.8) is 0 Å². The Morgan fingerprint density at radius 1 is 0.972 bits per heavy atom. The molecule has 3 amide bonds. The topological polar surface area (TPSA) is 69.7 Å². The lowest BCUT2D eigenvalue weighted by atomic mass is 9.97. The molecule has 1 N–H and O–H groups in total. The Labute approximate surface area is 214 Å². The number of nitrogens with one attached hydrogen (secondary N) is 1. The minimum atomic E-state index is -0.582. The lowest BCUT2D eigenvalue weighted by Crippen LogP contribution is -2.55. The van der Waals surface area contributed by atoms with Gasteiger partial charge in [-0.15, -0.1) is 0 Å². The highest BCUT2D eigenvalue weighted by Crippen LogP contribution is 2.34. The number of hydrogen-bond donors (Lipinski definition) is 1. The van der Waals surface area contributed by atoms with E-state index in [1.54, 1.807) is 9.80 Å². The van der Waals surface area contributed by atoms with Crippen LogP contribution in [0.15, 0.2) is 48.5 Å². The van der Waals surface area contributed by atoms with Crippen LogP contribution >= 0.6 is 0 Å². The number of likely N-dealkylation sites (tertiary alicyclic amines) is 1. The molecule has 2 atom stereocenters. The van der Waals surface area contributed by atoms with E-state index in [0.29, 0.717) is 37.5 Å². The fourth-order valence-corrected chi connectivity index (χ4v) is 6.23. The first-order valence-corrected chi connectivity index (χ1v) is 13.5. The molecule has 0 aromatic heterocycles. The van der Waals surface area contributed by atoms with Crippen LogP contribution in [-0.2, 0) is 22.7 Å². The number of rotatable bonds is 7. The van der Waals surface area contributed by atoms with Crippen molar-refractivity contribution in [3.8, 4) is 0 Å². The van der Waals surface area contributed by atoms with E-state index in [9.17, 15) is 14.4 Å². The Morgan fingerprint density at radius 2 is 1.69 bits per heavy atom. The first kappa shape index (κ1) is 24.5. The van der Waals surface area contributed by atoms with Crippen LogP contribution in [0.2, 0.25) is 0 Å². The van der Waals surface area contributed by atoms with E-state index in [2.05, 4.69) is 29.6 Å². The fraction of sp³-hybridized carbons (Fsp3) is 0.500. The normalized spacial score (nSPS) is 20.8. The number of carbonyl (C=O) groups is 3. The van der Waals surface area contributed by atoms with E-state index < -0.39 is 12.1 Å². The van der Waals surface area contributed by atoms with Gasteiger partial charge in [0, 0.05) is 25.2 Å². The van der Waals surface area contributed by atoms with Crippen molar-refractivity contribution >= 4 is 17.7 Å². The van der Waals surface area contributed by atoms with Gasteiger partial charge in [-0.3, -0.25) is 14.4 Å². The molecule has 1 saturated carbocycles. The van der Waals surface area contributed by atoms with E-state index in [1.165, 1.54) is 31.2 Å². The van der Waals surface area contributed by atoms with E-state index in [4.69, 9.17) is 0 Å². The minimum Gasteiger partial charge on any atom is -0.350 e. The Hall–Kier alpha value is -3.15. The highest BCUT2D eigenvalue weighted by atomic mass is 16.2. The summed E-state index contributed by atoms with van der Waals surface area (Å²) in [6, 6.07) is 15.1. The molecule has 36 heavy (non-hydrogen) atoms. The average molecular weight is 488 g/mol. The minimum absolute atomic E-state index is 0.0570. The molecule has 5 rings (SSSR count). The second-order valence-electron chi connectivity index (χ2n) is 10.9. The van der Waals surface area contributed by atoms with Crippen molar-refractivity contribution in [1.82, 2.24) is 15.1 Å². The summed E-state index contributed by atoms with van der Waals surface area (Å²) < 4.78 is 0. The Balaban J connectivity index is 1.23. The van der Waals surface area contributed by atoms with Gasteiger partial charge in [0.2, 0.25) is 11.8 Å². The van der Waals surface area contributed by atoms with E-state index in [1.807, 2.05) is 38.1 Å². The van der Waals surface area contributed by atoms with Gasteiger partial charge in [-0.25, -0.2) is 0 Å². The van der Waals surface area contributed by atoms with Crippen LogP contribution in [0, 0.1) is 5.92 Å². The van der Waals surface area contributed by atoms with Crippen LogP contribution in [-0.4, -0.2) is 46.1 Å². The van der Waals surface area contributed by atoms with Crippen LogP contribution in [0.4, 0.5) is 0 Å². The number of carbonyl (C=O) groups excluding carboxylic acids is 3. The maximum atomic E-state index is 13.8. The fourth-order valence-electron chi connectivity index (χ4n) is 6.23. The predicted octanol–water partition coefficient (Wildman–Crippen LogP) is 4.63. The highest BCUT2D eigenvalue weighted by molar-refractivity contribution is 6.01. The summed E-state index contributed by atoms with van der Waals surface area (Å²) in [6.07, 6.45) is 6.61. The van der Waals surface area contributed by atoms with Crippen LogP contribution < -0.4 is 5.32 Å². The molecule has 2 aromatic carbocycles. The summed E-state index contributed by atoms with van der Waals surface area (Å²) in [5.41, 5.74) is 4.09. The Kier molecular flexibility index (Phi) is 7.13. The molecule has 0 bridgehead atoms. The molecule has 0 spiro atoms. The van der Waals surface area contributed by atoms with Gasteiger partial charge in [0.15, 0.2) is 0 Å². The molecular formula is C30H37N3O3. The van der Waals surface area contributed by atoms with Crippen molar-refractivity contribution < 1.29 is 14.4 Å². The lowest BCUT2D eigenvalue weighted by molar-refractivity contribution is -0.143. The van der Waals surface area contributed by atoms with Gasteiger partial charge in [0.1, 0.15) is 12.1 Å². The average Bonchev–Trinajstić information content (AvgIpc) is 3.64. The second kappa shape index (κ2) is 10.5. The molecule has 1 unspecified atom stereocenters. The first-order valence-electron chi connectivity index (χ1n) is 13.5. The molecule has 6 heteroatoms. The van der Waals surface area contributed by atoms with Crippen molar-refractivity contribution in [1.29, 1.82) is 0 Å². The monoisotopic (exact) mass is 487 g/mol. The zero-order valence-electron chi connectivity index (χ0n) is 21.4. The van der Waals surface area contributed by atoms with E-state index in [0.717, 1.165) is 17.5 Å². The third-order valence-corrected chi connectivity index (χ3v) is 8.18. The zero-order valence-corrected chi connectivity index (χ0v) is 21.4. The molecule has 2 heterocycles. The number of nitrogens with zero attached hydrogens (tertiary/aromatic N) is 2. The summed E-state index contributed by atoms with van der Waals surface area (Å²) in [4.78, 5) is 43.5. The van der Waals surface area contributed by atoms with Gasteiger partial charge in [0.05, 0.1) is 0 Å². The smallest absolute Gasteiger partial charge is 0.255 e. The van der Waals surface area contributed by atoms with Gasteiger partial charge in [-0.2, -0.15) is 0 Å². The number of hydrogen-bond acceptors (Lipinski definition) is 3. The van der Waals surface area contributed by atoms with E-state index in [-0.39, 0.29) is 23.6 Å². The summed E-state index contributed by atoms with van der Waals surface area (Å²) >= 11 is 0. The van der Waals surface area contributed by atoms with Crippen molar-refractivity contribution in [3.05, 3.63) is 70.8 Å². The maximum Gasteiger partial charge on any atom is 0.255 e. The molecular weight excluding hydrogens is 450 g/mol. The van der Waals surface area contributed by atoms with E-state index >= 15 is 0 Å². The SMILES string of the molecule is CC(C)C(C(=O)N1CCC[C@H]1C(=O)NCc1ccc(C2CCCC2)cc1)N1Cc2ccccc2C1=O. The van der Waals surface area contributed by atoms with Gasteiger partial charge >= 0.3 is 0 Å². The van der Waals surface area contributed by atoms with Crippen LogP contribution in [0.1, 0.15) is 85.3 Å². The summed E-state index contributed by atoms with van der Waals surface area (Å²) in [6.45, 7) is 5.38. The predicted molar refractivity (Wildman–Crippen MR) is 139 cm³/mol. The molecule has 1 saturated heterocycles. The quantitative estimate of drug-likeness (QED) is 0.619. The van der Waals surface area contributed by atoms with Crippen molar-refractivity contribution in [2.45, 2.75) is 83.5 Å². The number of fused-ring (bicyclic) bond motifs is 1. The first-order chi connectivity index (χ1) is 17.4. The Morgan fingerprint density at radius 3 is 2.39 bits per heavy atom. The second-order valence-corrected chi connectivity index (χ2v) is 10.9. The molecule has 2 fully saturated rings. The maximum absolute atomic E-state index is 13.8.